The molecule has 0 fully saturated rings. The van der Waals surface area contributed by atoms with E-state index in [9.17, 15) is 0 Å². The Morgan fingerprint density at radius 2 is 2.19 bits per heavy atom. The zero-order valence-electron chi connectivity index (χ0n) is 11.9. The van der Waals surface area contributed by atoms with Crippen molar-refractivity contribution >= 4 is 10.9 Å². The third kappa shape index (κ3) is 3.35. The zero-order chi connectivity index (χ0) is 14.5. The number of ether oxygens (including phenoxy) is 1. The molecule has 21 heavy (non-hydrogen) atoms. The number of hydrogen-bond acceptors (Lipinski definition) is 5. The van der Waals surface area contributed by atoms with Crippen LogP contribution in [0.25, 0.3) is 10.9 Å². The van der Waals surface area contributed by atoms with Gasteiger partial charge in [-0.3, -0.25) is 4.98 Å². The minimum atomic E-state index is 0.530. The molecule has 6 heteroatoms. The molecule has 2 heterocycles. The Morgan fingerprint density at radius 3 is 3.10 bits per heavy atom. The Kier molecular flexibility index (Phi) is 4.07. The summed E-state index contributed by atoms with van der Waals surface area (Å²) in [5, 5.41) is 12.2. The highest BCUT2D eigenvalue weighted by molar-refractivity contribution is 5.79. The fourth-order valence-electron chi connectivity index (χ4n) is 2.10. The van der Waals surface area contributed by atoms with Crippen LogP contribution in [-0.2, 0) is 13.1 Å². The molecule has 0 aliphatic rings. The Labute approximate surface area is 122 Å². The molecule has 0 bridgehead atoms. The highest BCUT2D eigenvalue weighted by Gasteiger charge is 2.01. The van der Waals surface area contributed by atoms with Crippen LogP contribution in [0.1, 0.15) is 5.69 Å². The van der Waals surface area contributed by atoms with Crippen LogP contribution in [0.4, 0.5) is 0 Å². The Morgan fingerprint density at radius 1 is 1.29 bits per heavy atom. The van der Waals surface area contributed by atoms with Gasteiger partial charge >= 0.3 is 0 Å². The van der Waals surface area contributed by atoms with Crippen molar-refractivity contribution < 1.29 is 4.74 Å². The van der Waals surface area contributed by atoms with E-state index in [0.717, 1.165) is 28.9 Å². The van der Waals surface area contributed by atoms with Crippen molar-refractivity contribution in [1.29, 1.82) is 0 Å². The molecule has 1 N–H and O–H groups in total. The first kappa shape index (κ1) is 13.5. The van der Waals surface area contributed by atoms with Gasteiger partial charge in [0.2, 0.25) is 0 Å². The number of para-hydroxylation sites is 1. The number of aromatic nitrogens is 4. The van der Waals surface area contributed by atoms with Crippen molar-refractivity contribution in [3.05, 3.63) is 48.4 Å². The maximum atomic E-state index is 5.72. The lowest BCUT2D eigenvalue weighted by molar-refractivity contribution is 0.289. The van der Waals surface area contributed by atoms with E-state index in [2.05, 4.69) is 20.6 Å². The average Bonchev–Trinajstić information content (AvgIpc) is 2.95. The normalized spacial score (nSPS) is 10.9. The summed E-state index contributed by atoms with van der Waals surface area (Å²) in [5.41, 5.74) is 1.89. The third-order valence-electron chi connectivity index (χ3n) is 3.10. The van der Waals surface area contributed by atoms with Gasteiger partial charge in [-0.25, -0.2) is 4.68 Å². The van der Waals surface area contributed by atoms with Gasteiger partial charge < -0.3 is 10.1 Å². The van der Waals surface area contributed by atoms with Crippen LogP contribution < -0.4 is 10.1 Å². The predicted octanol–water partition coefficient (Wildman–Crippen LogP) is 1.62. The van der Waals surface area contributed by atoms with Crippen molar-refractivity contribution in [2.24, 2.45) is 0 Å². The number of hydrogen-bond donors (Lipinski definition) is 1. The number of benzene rings is 1. The van der Waals surface area contributed by atoms with Gasteiger partial charge in [0.15, 0.2) is 0 Å². The van der Waals surface area contributed by atoms with Crippen LogP contribution in [0.2, 0.25) is 0 Å². The summed E-state index contributed by atoms with van der Waals surface area (Å²) in [6.45, 7) is 1.90. The molecule has 6 nitrogen and oxygen atoms in total. The van der Waals surface area contributed by atoms with E-state index in [1.54, 1.807) is 10.9 Å². The number of nitrogens with one attached hydrogen (secondary N) is 1. The van der Waals surface area contributed by atoms with Crippen LogP contribution in [0, 0.1) is 0 Å². The second kappa shape index (κ2) is 6.32. The monoisotopic (exact) mass is 283 g/mol. The molecule has 0 saturated carbocycles. The van der Waals surface area contributed by atoms with Crippen LogP contribution >= 0.6 is 0 Å². The molecule has 0 aliphatic carbocycles. The molecule has 0 atom stereocenters. The lowest BCUT2D eigenvalue weighted by atomic mass is 10.2. The Hall–Kier alpha value is -2.47. The summed E-state index contributed by atoms with van der Waals surface area (Å²) in [4.78, 5) is 4.37. The van der Waals surface area contributed by atoms with E-state index in [1.807, 2.05) is 43.6 Å². The van der Waals surface area contributed by atoms with Crippen molar-refractivity contribution in [1.82, 2.24) is 25.3 Å². The highest BCUT2D eigenvalue weighted by Crippen LogP contribution is 2.17. The van der Waals surface area contributed by atoms with Gasteiger partial charge in [-0.1, -0.05) is 23.4 Å². The molecule has 3 rings (SSSR count). The third-order valence-corrected chi connectivity index (χ3v) is 3.10. The van der Waals surface area contributed by atoms with Gasteiger partial charge in [-0.2, -0.15) is 0 Å². The van der Waals surface area contributed by atoms with Gasteiger partial charge in [0, 0.05) is 18.1 Å². The highest BCUT2D eigenvalue weighted by atomic mass is 16.5. The van der Waals surface area contributed by atoms with E-state index in [0.29, 0.717) is 13.2 Å². The van der Waals surface area contributed by atoms with Crippen molar-refractivity contribution in [3.8, 4) is 5.75 Å². The first-order valence-corrected chi connectivity index (χ1v) is 6.86. The Balaban J connectivity index is 1.58. The van der Waals surface area contributed by atoms with Crippen LogP contribution in [-0.4, -0.2) is 33.6 Å². The van der Waals surface area contributed by atoms with Gasteiger partial charge in [-0.05, 0) is 19.2 Å². The summed E-state index contributed by atoms with van der Waals surface area (Å²) in [6, 6.07) is 9.97. The molecule has 0 spiro atoms. The van der Waals surface area contributed by atoms with E-state index >= 15 is 0 Å². The molecule has 2 aromatic heterocycles. The van der Waals surface area contributed by atoms with Gasteiger partial charge in [0.1, 0.15) is 12.4 Å². The van der Waals surface area contributed by atoms with E-state index in [4.69, 9.17) is 4.74 Å². The van der Waals surface area contributed by atoms with Crippen LogP contribution in [0.15, 0.2) is 42.7 Å². The van der Waals surface area contributed by atoms with Crippen molar-refractivity contribution in [3.63, 3.8) is 0 Å². The topological polar surface area (TPSA) is 64.9 Å². The van der Waals surface area contributed by atoms with E-state index < -0.39 is 0 Å². The molecule has 3 aromatic rings. The molecule has 108 valence electrons. The zero-order valence-corrected chi connectivity index (χ0v) is 11.9. The number of fused-ring (bicyclic) bond motifs is 1. The lowest BCUT2D eigenvalue weighted by Crippen LogP contribution is -2.09. The summed E-state index contributed by atoms with van der Waals surface area (Å²) in [7, 11) is 1.88. The summed E-state index contributed by atoms with van der Waals surface area (Å²) < 4.78 is 7.50. The smallest absolute Gasteiger partial charge is 0.138 e. The van der Waals surface area contributed by atoms with Crippen LogP contribution in [0.5, 0.6) is 5.75 Å². The van der Waals surface area contributed by atoms with Gasteiger partial charge in [-0.15, -0.1) is 5.10 Å². The van der Waals surface area contributed by atoms with Crippen molar-refractivity contribution in [2.45, 2.75) is 13.1 Å². The molecular formula is C15H17N5O. The number of nitrogens with zero attached hydrogens (tertiary/aromatic N) is 4. The molecule has 0 radical (unpaired) electrons. The maximum absolute atomic E-state index is 5.72. The van der Waals surface area contributed by atoms with Gasteiger partial charge in [0.25, 0.3) is 0 Å². The molecule has 0 unspecified atom stereocenters. The minimum Gasteiger partial charge on any atom is -0.490 e. The fraction of sp³-hybridized carbons (Fsp3) is 0.267. The minimum absolute atomic E-state index is 0.530. The summed E-state index contributed by atoms with van der Waals surface area (Å²) >= 11 is 0. The standard InChI is InChI=1S/C15H17N5O/c1-16-9-13-11-20(19-18-13)6-7-21-14-8-12-4-2-3-5-15(12)17-10-14/h2-5,8,10-11,16H,6-7,9H2,1H3. The molecule has 0 aliphatic heterocycles. The lowest BCUT2D eigenvalue weighted by Gasteiger charge is -2.06. The number of rotatable bonds is 6. The molecular weight excluding hydrogens is 266 g/mol. The SMILES string of the molecule is CNCc1cn(CCOc2cnc3ccccc3c2)nn1. The maximum Gasteiger partial charge on any atom is 0.138 e. The second-order valence-corrected chi connectivity index (χ2v) is 4.72. The van der Waals surface area contributed by atoms with Gasteiger partial charge in [0.05, 0.1) is 24.0 Å². The fourth-order valence-corrected chi connectivity index (χ4v) is 2.10. The largest absolute Gasteiger partial charge is 0.490 e. The number of pyridine rings is 1. The summed E-state index contributed by atoms with van der Waals surface area (Å²) in [5.74, 6) is 0.768. The van der Waals surface area contributed by atoms with Crippen LogP contribution in [0.3, 0.4) is 0 Å². The first-order valence-electron chi connectivity index (χ1n) is 6.86. The van der Waals surface area contributed by atoms with E-state index in [1.165, 1.54) is 0 Å². The molecule has 1 aromatic carbocycles. The quantitative estimate of drug-likeness (QED) is 0.745. The first-order chi connectivity index (χ1) is 10.3. The average molecular weight is 283 g/mol. The summed E-state index contributed by atoms with van der Waals surface area (Å²) in [6.07, 6.45) is 3.66. The molecule has 0 amide bonds. The predicted molar refractivity (Wildman–Crippen MR) is 80.0 cm³/mol. The van der Waals surface area contributed by atoms with Crippen molar-refractivity contribution in [2.75, 3.05) is 13.7 Å². The Bertz CT molecular complexity index is 725. The van der Waals surface area contributed by atoms with E-state index in [-0.39, 0.29) is 0 Å². The molecule has 0 saturated heterocycles. The second-order valence-electron chi connectivity index (χ2n) is 4.72.